The monoisotopic (exact) mass is 517 g/mol. The van der Waals surface area contributed by atoms with Crippen LogP contribution in [0.25, 0.3) is 11.2 Å². The molecule has 3 aromatic rings. The smallest absolute Gasteiger partial charge is 0.225 e. The van der Waals surface area contributed by atoms with Crippen LogP contribution in [0.3, 0.4) is 0 Å². The van der Waals surface area contributed by atoms with Crippen molar-refractivity contribution in [2.75, 3.05) is 11.9 Å². The number of nitrogens with one attached hydrogen (secondary N) is 2. The number of amides is 1. The number of carbonyl (C=O) groups excluding carboxylic acids is 1. The van der Waals surface area contributed by atoms with E-state index in [9.17, 15) is 4.79 Å². The van der Waals surface area contributed by atoms with Crippen LogP contribution in [0.2, 0.25) is 5.02 Å². The topological polar surface area (TPSA) is 90.3 Å². The Hall–Kier alpha value is -2.20. The minimum Gasteiger partial charge on any atom is -0.380 e. The van der Waals surface area contributed by atoms with Crippen LogP contribution < -0.4 is 10.6 Å². The van der Waals surface area contributed by atoms with E-state index in [-0.39, 0.29) is 36.1 Å². The predicted molar refractivity (Wildman–Crippen MR) is 138 cm³/mol. The van der Waals surface area contributed by atoms with Gasteiger partial charge in [0.2, 0.25) is 5.91 Å². The Morgan fingerprint density at radius 3 is 2.80 bits per heavy atom. The molecule has 8 nitrogen and oxygen atoms in total. The highest BCUT2D eigenvalue weighted by atomic mass is 35.5. The van der Waals surface area contributed by atoms with Crippen LogP contribution in [-0.4, -0.2) is 51.0 Å². The average molecular weight is 518 g/mol. The fourth-order valence-electron chi connectivity index (χ4n) is 5.29. The zero-order valence-corrected chi connectivity index (χ0v) is 22.0. The minimum atomic E-state index is -0.743. The number of aromatic nitrogens is 3. The number of thiophene rings is 1. The third-order valence-electron chi connectivity index (χ3n) is 6.92. The minimum absolute atomic E-state index is 0.00376. The van der Waals surface area contributed by atoms with Gasteiger partial charge in [-0.1, -0.05) is 18.5 Å². The summed E-state index contributed by atoms with van der Waals surface area (Å²) in [5.41, 5.74) is 2.51. The Bertz CT molecular complexity index is 1210. The molecule has 1 aliphatic heterocycles. The van der Waals surface area contributed by atoms with Crippen molar-refractivity contribution >= 4 is 45.7 Å². The molecule has 0 bridgehead atoms. The van der Waals surface area contributed by atoms with Crippen molar-refractivity contribution in [2.24, 2.45) is 5.92 Å². The van der Waals surface area contributed by atoms with Gasteiger partial charge in [0.1, 0.15) is 17.7 Å². The van der Waals surface area contributed by atoms with Gasteiger partial charge < -0.3 is 24.7 Å². The SMILES string of the molecule is CCNC(=O)[C@H]1C[C@@H](n2cnc3c(NC(CC)Cc4sccc4Cl)ccnc32)[C@@H]2OC(C)(C)O[C@@H]21. The molecular formula is C25H32ClN5O3S. The largest absolute Gasteiger partial charge is 0.380 e. The number of anilines is 1. The van der Waals surface area contributed by atoms with Gasteiger partial charge >= 0.3 is 0 Å². The number of ether oxygens (including phenoxy) is 2. The Balaban J connectivity index is 1.43. The maximum Gasteiger partial charge on any atom is 0.225 e. The molecule has 188 valence electrons. The fraction of sp³-hybridized carbons (Fsp3) is 0.560. The van der Waals surface area contributed by atoms with Crippen molar-refractivity contribution in [3.8, 4) is 0 Å². The van der Waals surface area contributed by atoms with Gasteiger partial charge in [0, 0.05) is 30.1 Å². The standard InChI is InChI=1S/C25H32ClN5O3S/c1-5-14(11-19-16(26)8-10-35-19)30-17-7-9-28-23-20(17)29-13-31(23)18-12-15(24(32)27-6-2)21-22(18)34-25(3,4)33-21/h7-10,13-15,18,21-22H,5-6,11-12H2,1-4H3,(H,27,32)(H,28,30)/t14?,15-,18+,21+,22-/m0/s1. The van der Waals surface area contributed by atoms with Crippen molar-refractivity contribution in [3.05, 3.63) is 39.9 Å². The maximum atomic E-state index is 12.8. The van der Waals surface area contributed by atoms with Crippen molar-refractivity contribution < 1.29 is 14.3 Å². The van der Waals surface area contributed by atoms with E-state index in [0.29, 0.717) is 13.0 Å². The molecule has 1 aliphatic carbocycles. The summed E-state index contributed by atoms with van der Waals surface area (Å²) in [5, 5.41) is 9.45. The molecule has 2 fully saturated rings. The molecule has 3 aromatic heterocycles. The number of fused-ring (bicyclic) bond motifs is 2. The molecule has 0 spiro atoms. The number of carbonyl (C=O) groups is 1. The summed E-state index contributed by atoms with van der Waals surface area (Å²) in [6.45, 7) is 8.47. The van der Waals surface area contributed by atoms with Crippen LogP contribution >= 0.6 is 22.9 Å². The van der Waals surface area contributed by atoms with Gasteiger partial charge in [-0.3, -0.25) is 4.79 Å². The van der Waals surface area contributed by atoms with Crippen LogP contribution in [0.15, 0.2) is 30.0 Å². The third kappa shape index (κ3) is 4.67. The van der Waals surface area contributed by atoms with E-state index in [1.54, 1.807) is 17.5 Å². The first-order valence-electron chi connectivity index (χ1n) is 12.2. The lowest BCUT2D eigenvalue weighted by atomic mass is 10.0. The number of halogens is 1. The lowest BCUT2D eigenvalue weighted by molar-refractivity contribution is -0.163. The zero-order valence-electron chi connectivity index (χ0n) is 20.5. The first-order valence-corrected chi connectivity index (χ1v) is 13.5. The second-order valence-electron chi connectivity index (χ2n) is 9.70. The lowest BCUT2D eigenvalue weighted by Crippen LogP contribution is -2.37. The zero-order chi connectivity index (χ0) is 24.7. The quantitative estimate of drug-likeness (QED) is 0.446. The van der Waals surface area contributed by atoms with E-state index in [0.717, 1.165) is 34.7 Å². The molecular weight excluding hydrogens is 486 g/mol. The van der Waals surface area contributed by atoms with Gasteiger partial charge in [0.25, 0.3) is 0 Å². The highest BCUT2D eigenvalue weighted by Gasteiger charge is 2.56. The normalized spacial score (nSPS) is 26.1. The summed E-state index contributed by atoms with van der Waals surface area (Å²) in [7, 11) is 0. The first kappa shape index (κ1) is 24.5. The second-order valence-corrected chi connectivity index (χ2v) is 11.1. The average Bonchev–Trinajstić information content (AvgIpc) is 3.57. The molecule has 35 heavy (non-hydrogen) atoms. The van der Waals surface area contributed by atoms with Crippen LogP contribution in [0.5, 0.6) is 0 Å². The van der Waals surface area contributed by atoms with Gasteiger partial charge in [0.15, 0.2) is 11.4 Å². The summed E-state index contributed by atoms with van der Waals surface area (Å²) in [6, 6.07) is 4.02. The van der Waals surface area contributed by atoms with Crippen molar-refractivity contribution in [2.45, 2.75) is 77.0 Å². The summed E-state index contributed by atoms with van der Waals surface area (Å²) < 4.78 is 14.5. The van der Waals surface area contributed by atoms with Gasteiger partial charge in [-0.15, -0.1) is 11.3 Å². The van der Waals surface area contributed by atoms with Gasteiger partial charge in [-0.25, -0.2) is 9.97 Å². The van der Waals surface area contributed by atoms with Gasteiger partial charge in [-0.05, 0) is 51.1 Å². The van der Waals surface area contributed by atoms with E-state index in [1.165, 1.54) is 4.88 Å². The number of nitrogens with zero attached hydrogens (tertiary/aromatic N) is 3. The van der Waals surface area contributed by atoms with E-state index < -0.39 is 5.79 Å². The maximum absolute atomic E-state index is 12.8. The van der Waals surface area contributed by atoms with Crippen LogP contribution in [-0.2, 0) is 20.7 Å². The fourth-order valence-corrected chi connectivity index (χ4v) is 6.49. The summed E-state index contributed by atoms with van der Waals surface area (Å²) in [6.07, 6.45) is 5.46. The van der Waals surface area contributed by atoms with Gasteiger partial charge in [-0.2, -0.15) is 0 Å². The number of hydrogen-bond donors (Lipinski definition) is 2. The van der Waals surface area contributed by atoms with E-state index in [2.05, 4.69) is 27.1 Å². The number of pyridine rings is 1. The van der Waals surface area contributed by atoms with E-state index in [1.807, 2.05) is 44.6 Å². The molecule has 2 aliphatic rings. The molecule has 10 heteroatoms. The summed E-state index contributed by atoms with van der Waals surface area (Å²) >= 11 is 8.02. The Morgan fingerprint density at radius 2 is 2.09 bits per heavy atom. The molecule has 1 amide bonds. The van der Waals surface area contributed by atoms with E-state index in [4.69, 9.17) is 26.1 Å². The predicted octanol–water partition coefficient (Wildman–Crippen LogP) is 4.80. The Kier molecular flexibility index (Phi) is 6.78. The van der Waals surface area contributed by atoms with Crippen LogP contribution in [0.4, 0.5) is 5.69 Å². The van der Waals surface area contributed by atoms with Crippen LogP contribution in [0.1, 0.15) is 51.5 Å². The Morgan fingerprint density at radius 1 is 1.29 bits per heavy atom. The van der Waals surface area contributed by atoms with Crippen molar-refractivity contribution in [3.63, 3.8) is 0 Å². The number of imidazole rings is 1. The molecule has 1 saturated heterocycles. The molecule has 2 N–H and O–H groups in total. The second kappa shape index (κ2) is 9.69. The summed E-state index contributed by atoms with van der Waals surface area (Å²) in [4.78, 5) is 23.4. The molecule has 1 saturated carbocycles. The van der Waals surface area contributed by atoms with Gasteiger partial charge in [0.05, 0.1) is 29.0 Å². The molecule has 4 heterocycles. The molecule has 5 rings (SSSR count). The van der Waals surface area contributed by atoms with Crippen molar-refractivity contribution in [1.82, 2.24) is 19.9 Å². The highest BCUT2D eigenvalue weighted by molar-refractivity contribution is 7.10. The Labute approximate surface area is 214 Å². The number of hydrogen-bond acceptors (Lipinski definition) is 7. The van der Waals surface area contributed by atoms with Crippen LogP contribution in [0, 0.1) is 5.92 Å². The molecule has 1 unspecified atom stereocenters. The first-order chi connectivity index (χ1) is 16.8. The highest BCUT2D eigenvalue weighted by Crippen LogP contribution is 2.47. The van der Waals surface area contributed by atoms with E-state index >= 15 is 0 Å². The van der Waals surface area contributed by atoms with Crippen molar-refractivity contribution in [1.29, 1.82) is 0 Å². The molecule has 5 atom stereocenters. The number of rotatable bonds is 8. The third-order valence-corrected chi connectivity index (χ3v) is 8.33. The molecule has 0 aromatic carbocycles. The molecule has 0 radical (unpaired) electrons. The summed E-state index contributed by atoms with van der Waals surface area (Å²) in [5.74, 6) is -1.03. The lowest BCUT2D eigenvalue weighted by Gasteiger charge is -2.24.